The summed E-state index contributed by atoms with van der Waals surface area (Å²) in [7, 11) is 0. The number of nitrogens with zero attached hydrogens (tertiary/aromatic N) is 4. The van der Waals surface area contributed by atoms with Gasteiger partial charge in [0.25, 0.3) is 17.7 Å². The number of hydrazine groups is 1. The largest absolute Gasteiger partial charge is 0.324 e. The number of carbonyl (C=O) groups excluding carboxylic acids is 3. The molecule has 2 N–H and O–H groups in total. The van der Waals surface area contributed by atoms with Crippen molar-refractivity contribution in [3.8, 4) is 11.3 Å². The van der Waals surface area contributed by atoms with E-state index >= 15 is 0 Å². The van der Waals surface area contributed by atoms with Crippen molar-refractivity contribution in [3.05, 3.63) is 102 Å². The maximum atomic E-state index is 12.9. The van der Waals surface area contributed by atoms with Crippen LogP contribution in [0.25, 0.3) is 11.3 Å². The average Bonchev–Trinajstić information content (AvgIpc) is 3.11. The van der Waals surface area contributed by atoms with Crippen LogP contribution >= 0.6 is 0 Å². The lowest BCUT2D eigenvalue weighted by Crippen LogP contribution is -2.45. The number of hydrogen-bond acceptors (Lipinski definition) is 7. The summed E-state index contributed by atoms with van der Waals surface area (Å²) in [5.74, 6) is -1.38. The van der Waals surface area contributed by atoms with Crippen LogP contribution in [0.2, 0.25) is 0 Å². The van der Waals surface area contributed by atoms with E-state index < -0.39 is 17.7 Å². The van der Waals surface area contributed by atoms with E-state index in [9.17, 15) is 14.4 Å². The summed E-state index contributed by atoms with van der Waals surface area (Å²) >= 11 is 0. The minimum atomic E-state index is -0.595. The lowest BCUT2D eigenvalue weighted by Gasteiger charge is -2.16. The molecule has 4 aromatic rings. The number of fused-ring (bicyclic) bond motifs is 1. The molecule has 5 rings (SSSR count). The van der Waals surface area contributed by atoms with Crippen molar-refractivity contribution in [2.45, 2.75) is 6.92 Å². The highest BCUT2D eigenvalue weighted by atomic mass is 16.2. The first-order valence-corrected chi connectivity index (χ1v) is 10.4. The van der Waals surface area contributed by atoms with Crippen LogP contribution in [0.3, 0.4) is 0 Å². The Morgan fingerprint density at radius 2 is 1.68 bits per heavy atom. The number of rotatable bonds is 5. The molecular weight excluding hydrogens is 432 g/mol. The number of aromatic nitrogens is 3. The highest BCUT2D eigenvalue weighted by Crippen LogP contribution is 2.24. The molecule has 0 spiro atoms. The van der Waals surface area contributed by atoms with Crippen LogP contribution in [0.5, 0.6) is 0 Å². The Hall–Kier alpha value is -4.92. The molecule has 0 saturated carbocycles. The fourth-order valence-corrected chi connectivity index (χ4v) is 3.57. The second kappa shape index (κ2) is 8.55. The smallest absolute Gasteiger partial charge is 0.280 e. The van der Waals surface area contributed by atoms with Crippen LogP contribution < -0.4 is 10.7 Å². The third-order valence-corrected chi connectivity index (χ3v) is 5.37. The van der Waals surface area contributed by atoms with Gasteiger partial charge in [-0.25, -0.2) is 9.97 Å². The summed E-state index contributed by atoms with van der Waals surface area (Å²) in [6, 6.07) is 16.9. The second-order valence-electron chi connectivity index (χ2n) is 7.59. The van der Waals surface area contributed by atoms with Crippen LogP contribution in [0.4, 0.5) is 11.6 Å². The quantitative estimate of drug-likeness (QED) is 0.447. The van der Waals surface area contributed by atoms with E-state index in [0.717, 1.165) is 16.1 Å². The van der Waals surface area contributed by atoms with E-state index in [-0.39, 0.29) is 16.7 Å². The van der Waals surface area contributed by atoms with Gasteiger partial charge in [0.15, 0.2) is 0 Å². The summed E-state index contributed by atoms with van der Waals surface area (Å²) in [5, 5.41) is 3.87. The molecule has 1 aliphatic heterocycles. The molecule has 9 nitrogen and oxygen atoms in total. The van der Waals surface area contributed by atoms with Crippen LogP contribution in [-0.2, 0) is 0 Å². The van der Waals surface area contributed by atoms with E-state index in [4.69, 9.17) is 0 Å². The Bertz CT molecular complexity index is 1400. The highest BCUT2D eigenvalue weighted by Gasteiger charge is 2.36. The normalized spacial score (nSPS) is 12.4. The maximum Gasteiger partial charge on any atom is 0.280 e. The molecule has 0 fully saturated rings. The standard InChI is InChI=1S/C25H18N6O3/c1-15-8-9-16(22(32)30-31-23(33)18-6-2-3-7-19(18)24(31)34)13-21(15)29-25-27-12-10-20(28-25)17-5-4-11-26-14-17/h2-14H,1H3,(H,30,32)(H,27,28,29). The molecule has 0 atom stereocenters. The lowest BCUT2D eigenvalue weighted by atomic mass is 10.1. The number of nitrogens with one attached hydrogen (secondary N) is 2. The number of aryl methyl sites for hydroxylation is 1. The summed E-state index contributed by atoms with van der Waals surface area (Å²) in [6.07, 6.45) is 5.03. The van der Waals surface area contributed by atoms with Gasteiger partial charge in [0.2, 0.25) is 5.95 Å². The minimum absolute atomic E-state index is 0.254. The molecule has 2 aromatic carbocycles. The van der Waals surface area contributed by atoms with Gasteiger partial charge in [0.05, 0.1) is 16.8 Å². The zero-order valence-electron chi connectivity index (χ0n) is 18.0. The topological polar surface area (TPSA) is 117 Å². The summed E-state index contributed by atoms with van der Waals surface area (Å²) in [6.45, 7) is 1.87. The van der Waals surface area contributed by atoms with E-state index in [1.807, 2.05) is 19.1 Å². The first kappa shape index (κ1) is 21.0. The predicted molar refractivity (Wildman–Crippen MR) is 124 cm³/mol. The fraction of sp³-hybridized carbons (Fsp3) is 0.0400. The van der Waals surface area contributed by atoms with Gasteiger partial charge < -0.3 is 5.32 Å². The summed E-state index contributed by atoms with van der Waals surface area (Å²) in [5.41, 5.74) is 6.19. The van der Waals surface area contributed by atoms with Crippen molar-refractivity contribution >= 4 is 29.4 Å². The number of carbonyl (C=O) groups is 3. The van der Waals surface area contributed by atoms with Crippen LogP contribution in [-0.4, -0.2) is 37.7 Å². The predicted octanol–water partition coefficient (Wildman–Crippen LogP) is 3.53. The molecule has 34 heavy (non-hydrogen) atoms. The third kappa shape index (κ3) is 3.86. The summed E-state index contributed by atoms with van der Waals surface area (Å²) < 4.78 is 0. The molecule has 1 aliphatic rings. The zero-order valence-corrected chi connectivity index (χ0v) is 18.0. The lowest BCUT2D eigenvalue weighted by molar-refractivity contribution is 0.0518. The van der Waals surface area contributed by atoms with Crippen molar-refractivity contribution in [1.29, 1.82) is 0 Å². The van der Waals surface area contributed by atoms with E-state index in [1.54, 1.807) is 67.1 Å². The van der Waals surface area contributed by atoms with Crippen molar-refractivity contribution < 1.29 is 14.4 Å². The third-order valence-electron chi connectivity index (χ3n) is 5.37. The maximum absolute atomic E-state index is 12.9. The van der Waals surface area contributed by atoms with Crippen molar-refractivity contribution in [2.75, 3.05) is 5.32 Å². The van der Waals surface area contributed by atoms with Gasteiger partial charge in [-0.15, -0.1) is 0 Å². The Morgan fingerprint density at radius 1 is 0.912 bits per heavy atom. The number of benzene rings is 2. The highest BCUT2D eigenvalue weighted by molar-refractivity contribution is 6.22. The zero-order chi connectivity index (χ0) is 23.7. The molecule has 166 valence electrons. The Balaban J connectivity index is 1.36. The molecule has 0 radical (unpaired) electrons. The van der Waals surface area contributed by atoms with Crippen LogP contribution in [0.1, 0.15) is 36.6 Å². The number of amides is 3. The molecule has 3 amide bonds. The molecule has 0 unspecified atom stereocenters. The molecule has 3 heterocycles. The number of anilines is 2. The number of pyridine rings is 1. The molecule has 0 bridgehead atoms. The van der Waals surface area contributed by atoms with Crippen molar-refractivity contribution in [2.24, 2.45) is 0 Å². The van der Waals surface area contributed by atoms with Gasteiger partial charge >= 0.3 is 0 Å². The molecule has 2 aromatic heterocycles. The fourth-order valence-electron chi connectivity index (χ4n) is 3.57. The average molecular weight is 450 g/mol. The first-order valence-electron chi connectivity index (χ1n) is 10.4. The molecular formula is C25H18N6O3. The Kier molecular flexibility index (Phi) is 5.27. The Morgan fingerprint density at radius 3 is 2.38 bits per heavy atom. The van der Waals surface area contributed by atoms with Gasteiger partial charge in [-0.1, -0.05) is 18.2 Å². The van der Waals surface area contributed by atoms with Gasteiger partial charge in [-0.2, -0.15) is 5.01 Å². The van der Waals surface area contributed by atoms with Gasteiger partial charge in [0, 0.05) is 35.4 Å². The first-order chi connectivity index (χ1) is 16.5. The van der Waals surface area contributed by atoms with Gasteiger partial charge in [-0.05, 0) is 55.0 Å². The van der Waals surface area contributed by atoms with Crippen LogP contribution in [0.15, 0.2) is 79.3 Å². The second-order valence-corrected chi connectivity index (χ2v) is 7.59. The summed E-state index contributed by atoms with van der Waals surface area (Å²) in [4.78, 5) is 50.8. The van der Waals surface area contributed by atoms with E-state index in [1.165, 1.54) is 0 Å². The van der Waals surface area contributed by atoms with E-state index in [2.05, 4.69) is 25.7 Å². The van der Waals surface area contributed by atoms with Gasteiger partial charge in [-0.3, -0.25) is 24.8 Å². The van der Waals surface area contributed by atoms with Crippen molar-refractivity contribution in [1.82, 2.24) is 25.4 Å². The van der Waals surface area contributed by atoms with Gasteiger partial charge in [0.1, 0.15) is 0 Å². The molecule has 9 heteroatoms. The monoisotopic (exact) mass is 450 g/mol. The SMILES string of the molecule is Cc1ccc(C(=O)NN2C(=O)c3ccccc3C2=O)cc1Nc1nccc(-c2cccnc2)n1. The number of hydrogen-bond donors (Lipinski definition) is 2. The van der Waals surface area contributed by atoms with Crippen molar-refractivity contribution in [3.63, 3.8) is 0 Å². The van der Waals surface area contributed by atoms with E-state index in [0.29, 0.717) is 17.3 Å². The number of imide groups is 1. The minimum Gasteiger partial charge on any atom is -0.324 e. The Labute approximate surface area is 194 Å². The molecule has 0 saturated heterocycles. The molecule has 0 aliphatic carbocycles. The van der Waals surface area contributed by atoms with Crippen LogP contribution in [0, 0.1) is 6.92 Å².